The van der Waals surface area contributed by atoms with Gasteiger partial charge in [0.15, 0.2) is 5.78 Å². The highest BCUT2D eigenvalue weighted by atomic mass is 16.2. The molecule has 2 aromatic rings. The average Bonchev–Trinajstić information content (AvgIpc) is 2.58. The monoisotopic (exact) mass is 323 g/mol. The Balaban J connectivity index is 1.95. The van der Waals surface area contributed by atoms with Gasteiger partial charge in [-0.25, -0.2) is 0 Å². The number of hydrogen-bond donors (Lipinski definition) is 0. The zero-order valence-corrected chi connectivity index (χ0v) is 14.7. The molecule has 2 rings (SSSR count). The number of ketones is 1. The smallest absolute Gasteiger partial charge is 0.223 e. The molecule has 0 unspecified atom stereocenters. The molecular weight excluding hydrogens is 298 g/mol. The summed E-state index contributed by atoms with van der Waals surface area (Å²) in [5, 5.41) is 0. The Labute approximate surface area is 144 Å². The summed E-state index contributed by atoms with van der Waals surface area (Å²) in [6, 6.07) is 17.5. The van der Waals surface area contributed by atoms with E-state index in [1.807, 2.05) is 80.3 Å². The summed E-state index contributed by atoms with van der Waals surface area (Å²) in [6.07, 6.45) is 0.498. The van der Waals surface area contributed by atoms with Gasteiger partial charge >= 0.3 is 0 Å². The van der Waals surface area contributed by atoms with Gasteiger partial charge in [-0.2, -0.15) is 0 Å². The molecule has 0 aliphatic carbocycles. The average molecular weight is 323 g/mol. The van der Waals surface area contributed by atoms with E-state index in [9.17, 15) is 9.59 Å². The van der Waals surface area contributed by atoms with E-state index in [4.69, 9.17) is 0 Å². The minimum Gasteiger partial charge on any atom is -0.336 e. The van der Waals surface area contributed by atoms with Crippen LogP contribution in [0.1, 0.15) is 48.2 Å². The van der Waals surface area contributed by atoms with Crippen molar-refractivity contribution >= 4 is 11.7 Å². The molecule has 0 atom stereocenters. The maximum Gasteiger partial charge on any atom is 0.223 e. The number of carbonyl (C=O) groups excluding carboxylic acids is 2. The summed E-state index contributed by atoms with van der Waals surface area (Å²) in [6.45, 7) is 6.57. The van der Waals surface area contributed by atoms with E-state index in [2.05, 4.69) is 0 Å². The summed E-state index contributed by atoms with van der Waals surface area (Å²) in [4.78, 5) is 26.6. The van der Waals surface area contributed by atoms with Gasteiger partial charge in [0.25, 0.3) is 0 Å². The summed E-state index contributed by atoms with van der Waals surface area (Å²) < 4.78 is 0. The first-order valence-corrected chi connectivity index (χ1v) is 8.40. The molecule has 0 aliphatic rings. The predicted molar refractivity (Wildman–Crippen MR) is 96.9 cm³/mol. The van der Waals surface area contributed by atoms with E-state index < -0.39 is 0 Å². The minimum absolute atomic E-state index is 0.0202. The lowest BCUT2D eigenvalue weighted by Gasteiger charge is -2.27. The van der Waals surface area contributed by atoms with E-state index in [0.29, 0.717) is 12.1 Å². The Morgan fingerprint density at radius 1 is 0.917 bits per heavy atom. The van der Waals surface area contributed by atoms with E-state index in [-0.39, 0.29) is 30.6 Å². The quantitative estimate of drug-likeness (QED) is 0.708. The van der Waals surface area contributed by atoms with Crippen LogP contribution in [0.5, 0.6) is 0 Å². The fraction of sp³-hybridized carbons (Fsp3) is 0.333. The molecule has 0 N–H and O–H groups in total. The van der Waals surface area contributed by atoms with Crippen LogP contribution in [-0.4, -0.2) is 22.6 Å². The second-order valence-electron chi connectivity index (χ2n) is 6.39. The van der Waals surface area contributed by atoms with Crippen LogP contribution in [0.3, 0.4) is 0 Å². The molecule has 0 saturated heterocycles. The molecule has 24 heavy (non-hydrogen) atoms. The Morgan fingerprint density at radius 2 is 1.54 bits per heavy atom. The van der Waals surface area contributed by atoms with E-state index in [1.54, 1.807) is 0 Å². The number of aryl methyl sites for hydroxylation is 1. The van der Waals surface area contributed by atoms with Crippen molar-refractivity contribution < 1.29 is 9.59 Å². The Bertz CT molecular complexity index is 675. The Kier molecular flexibility index (Phi) is 6.30. The number of benzene rings is 2. The van der Waals surface area contributed by atoms with Crippen molar-refractivity contribution in [2.45, 2.75) is 46.2 Å². The van der Waals surface area contributed by atoms with Crippen molar-refractivity contribution in [1.82, 2.24) is 4.90 Å². The zero-order valence-electron chi connectivity index (χ0n) is 14.7. The van der Waals surface area contributed by atoms with Crippen molar-refractivity contribution in [3.8, 4) is 0 Å². The molecule has 0 spiro atoms. The third kappa shape index (κ3) is 5.05. The first kappa shape index (κ1) is 17.9. The van der Waals surface area contributed by atoms with Crippen molar-refractivity contribution in [3.05, 3.63) is 71.3 Å². The highest BCUT2D eigenvalue weighted by molar-refractivity contribution is 5.98. The van der Waals surface area contributed by atoms with Crippen molar-refractivity contribution in [2.24, 2.45) is 0 Å². The predicted octanol–water partition coefficient (Wildman–Crippen LogP) is 4.40. The van der Waals surface area contributed by atoms with Crippen LogP contribution < -0.4 is 0 Å². The minimum atomic E-state index is 0.0202. The number of amides is 1. The van der Waals surface area contributed by atoms with E-state index in [0.717, 1.165) is 11.1 Å². The van der Waals surface area contributed by atoms with Gasteiger partial charge in [0.2, 0.25) is 5.91 Å². The summed E-state index contributed by atoms with van der Waals surface area (Å²) in [5.41, 5.74) is 2.90. The van der Waals surface area contributed by atoms with Crippen LogP contribution in [0.15, 0.2) is 54.6 Å². The highest BCUT2D eigenvalue weighted by Gasteiger charge is 2.18. The summed E-state index contributed by atoms with van der Waals surface area (Å²) >= 11 is 0. The maximum atomic E-state index is 12.6. The summed E-state index contributed by atoms with van der Waals surface area (Å²) in [5.74, 6) is 0.0427. The molecule has 0 heterocycles. The molecule has 0 fully saturated rings. The van der Waals surface area contributed by atoms with Gasteiger partial charge in [0, 0.05) is 31.0 Å². The molecule has 0 aliphatic heterocycles. The number of nitrogens with zero attached hydrogens (tertiary/aromatic N) is 1. The van der Waals surface area contributed by atoms with Crippen LogP contribution in [0.4, 0.5) is 0 Å². The molecule has 0 saturated carbocycles. The summed E-state index contributed by atoms with van der Waals surface area (Å²) in [7, 11) is 0. The third-order valence-corrected chi connectivity index (χ3v) is 4.08. The first-order valence-electron chi connectivity index (χ1n) is 8.40. The molecule has 1 amide bonds. The number of hydrogen-bond acceptors (Lipinski definition) is 2. The zero-order chi connectivity index (χ0) is 17.5. The SMILES string of the molecule is Cc1ccc(C(=O)CCC(=O)N(Cc2ccccc2)C(C)C)cc1. The van der Waals surface area contributed by atoms with Crippen LogP contribution in [0, 0.1) is 6.92 Å². The van der Waals surface area contributed by atoms with Crippen LogP contribution in [0.2, 0.25) is 0 Å². The van der Waals surface area contributed by atoms with Gasteiger partial charge in [-0.05, 0) is 26.3 Å². The van der Waals surface area contributed by atoms with Gasteiger partial charge < -0.3 is 4.90 Å². The van der Waals surface area contributed by atoms with Gasteiger partial charge in [-0.15, -0.1) is 0 Å². The Hall–Kier alpha value is -2.42. The molecule has 3 nitrogen and oxygen atoms in total. The number of rotatable bonds is 7. The molecule has 0 bridgehead atoms. The number of carbonyl (C=O) groups is 2. The Morgan fingerprint density at radius 3 is 2.12 bits per heavy atom. The lowest BCUT2D eigenvalue weighted by Crippen LogP contribution is -2.36. The largest absolute Gasteiger partial charge is 0.336 e. The second-order valence-corrected chi connectivity index (χ2v) is 6.39. The van der Waals surface area contributed by atoms with Crippen LogP contribution in [0.25, 0.3) is 0 Å². The fourth-order valence-corrected chi connectivity index (χ4v) is 2.59. The van der Waals surface area contributed by atoms with Gasteiger partial charge in [-0.1, -0.05) is 60.2 Å². The molecule has 126 valence electrons. The normalized spacial score (nSPS) is 10.7. The maximum absolute atomic E-state index is 12.6. The lowest BCUT2D eigenvalue weighted by atomic mass is 10.0. The van der Waals surface area contributed by atoms with E-state index in [1.165, 1.54) is 0 Å². The lowest BCUT2D eigenvalue weighted by molar-refractivity contribution is -0.133. The van der Waals surface area contributed by atoms with Crippen molar-refractivity contribution in [2.75, 3.05) is 0 Å². The molecule has 0 radical (unpaired) electrons. The first-order chi connectivity index (χ1) is 11.5. The molecule has 3 heteroatoms. The molecular formula is C21H25NO2. The van der Waals surface area contributed by atoms with Gasteiger partial charge in [0.1, 0.15) is 0 Å². The van der Waals surface area contributed by atoms with Gasteiger partial charge in [-0.3, -0.25) is 9.59 Å². The number of Topliss-reactive ketones (excluding diaryl/α,β-unsaturated/α-hetero) is 1. The third-order valence-electron chi connectivity index (χ3n) is 4.08. The fourth-order valence-electron chi connectivity index (χ4n) is 2.59. The molecule has 2 aromatic carbocycles. The van der Waals surface area contributed by atoms with Crippen LogP contribution in [-0.2, 0) is 11.3 Å². The molecule has 0 aromatic heterocycles. The van der Waals surface area contributed by atoms with Crippen molar-refractivity contribution in [1.29, 1.82) is 0 Å². The van der Waals surface area contributed by atoms with Crippen LogP contribution >= 0.6 is 0 Å². The standard InChI is InChI=1S/C21H25NO2/c1-16(2)22(15-18-7-5-4-6-8-18)21(24)14-13-20(23)19-11-9-17(3)10-12-19/h4-12,16H,13-15H2,1-3H3. The topological polar surface area (TPSA) is 37.4 Å². The van der Waals surface area contributed by atoms with E-state index >= 15 is 0 Å². The van der Waals surface area contributed by atoms with Gasteiger partial charge in [0.05, 0.1) is 0 Å². The van der Waals surface area contributed by atoms with Crippen molar-refractivity contribution in [3.63, 3.8) is 0 Å². The second kappa shape index (κ2) is 8.44. The highest BCUT2D eigenvalue weighted by Crippen LogP contribution is 2.13.